The normalized spacial score (nSPS) is 21.2. The number of carbonyl (C=O) groups excluding carboxylic acids is 1. The highest BCUT2D eigenvalue weighted by Crippen LogP contribution is 2.28. The van der Waals surface area contributed by atoms with Crippen molar-refractivity contribution in [1.29, 1.82) is 0 Å². The Balaban J connectivity index is 2.24. The number of aliphatic carboxylic acids is 1. The van der Waals surface area contributed by atoms with E-state index in [0.717, 1.165) is 6.42 Å². The van der Waals surface area contributed by atoms with Crippen LogP contribution in [0.2, 0.25) is 5.02 Å². The summed E-state index contributed by atoms with van der Waals surface area (Å²) >= 11 is 5.83. The molecular weight excluding hydrogens is 294 g/mol. The van der Waals surface area contributed by atoms with Gasteiger partial charge in [-0.15, -0.1) is 0 Å². The minimum absolute atomic E-state index is 0.138. The number of hydrogen-bond acceptors (Lipinski definition) is 3. The van der Waals surface area contributed by atoms with E-state index in [1.54, 1.807) is 24.3 Å². The predicted molar refractivity (Wildman–Crippen MR) is 79.6 cm³/mol. The van der Waals surface area contributed by atoms with Crippen molar-refractivity contribution in [3.63, 3.8) is 0 Å². The molecule has 114 valence electrons. The van der Waals surface area contributed by atoms with Gasteiger partial charge >= 0.3 is 5.97 Å². The number of benzene rings is 1. The number of carboxylic acids is 1. The highest BCUT2D eigenvalue weighted by molar-refractivity contribution is 6.30. The van der Waals surface area contributed by atoms with Crippen molar-refractivity contribution in [3.8, 4) is 0 Å². The maximum absolute atomic E-state index is 12.7. The van der Waals surface area contributed by atoms with Crippen LogP contribution in [0, 0.1) is 5.92 Å². The number of hydrogen-bond donors (Lipinski definition) is 1. The van der Waals surface area contributed by atoms with Gasteiger partial charge in [-0.2, -0.15) is 0 Å². The van der Waals surface area contributed by atoms with E-state index in [9.17, 15) is 9.59 Å². The zero-order valence-electron chi connectivity index (χ0n) is 11.8. The minimum Gasteiger partial charge on any atom is -0.480 e. The van der Waals surface area contributed by atoms with Gasteiger partial charge in [-0.1, -0.05) is 18.5 Å². The van der Waals surface area contributed by atoms with E-state index >= 15 is 0 Å². The lowest BCUT2D eigenvalue weighted by Crippen LogP contribution is -2.42. The van der Waals surface area contributed by atoms with Gasteiger partial charge in [0.1, 0.15) is 6.54 Å². The molecule has 0 spiro atoms. The van der Waals surface area contributed by atoms with Crippen LogP contribution in [0.5, 0.6) is 0 Å². The SMILES string of the molecule is CCC1OCCC1C(=O)N(CC(=O)O)c1ccc(Cl)cc1. The van der Waals surface area contributed by atoms with Crippen LogP contribution in [-0.4, -0.2) is 36.2 Å². The summed E-state index contributed by atoms with van der Waals surface area (Å²) in [6.45, 7) is 2.13. The van der Waals surface area contributed by atoms with Crippen LogP contribution in [0.4, 0.5) is 5.69 Å². The van der Waals surface area contributed by atoms with Gasteiger partial charge in [0, 0.05) is 17.3 Å². The summed E-state index contributed by atoms with van der Waals surface area (Å²) in [5.41, 5.74) is 0.536. The Morgan fingerprint density at radius 3 is 2.62 bits per heavy atom. The molecule has 0 radical (unpaired) electrons. The van der Waals surface area contributed by atoms with Crippen LogP contribution >= 0.6 is 11.6 Å². The molecular formula is C15H18ClNO4. The van der Waals surface area contributed by atoms with Gasteiger partial charge in [-0.25, -0.2) is 0 Å². The first kappa shape index (κ1) is 15.8. The second kappa shape index (κ2) is 6.91. The van der Waals surface area contributed by atoms with E-state index in [1.807, 2.05) is 6.92 Å². The number of nitrogens with zero attached hydrogens (tertiary/aromatic N) is 1. The van der Waals surface area contributed by atoms with E-state index in [0.29, 0.717) is 23.7 Å². The van der Waals surface area contributed by atoms with Crippen LogP contribution in [0.15, 0.2) is 24.3 Å². The monoisotopic (exact) mass is 311 g/mol. The van der Waals surface area contributed by atoms with Gasteiger partial charge in [-0.3, -0.25) is 9.59 Å². The van der Waals surface area contributed by atoms with Crippen LogP contribution in [0.25, 0.3) is 0 Å². The summed E-state index contributed by atoms with van der Waals surface area (Å²) in [7, 11) is 0. The van der Waals surface area contributed by atoms with Crippen molar-refractivity contribution in [1.82, 2.24) is 0 Å². The molecule has 2 atom stereocenters. The first-order valence-corrected chi connectivity index (χ1v) is 7.31. The molecule has 0 aromatic heterocycles. The molecule has 1 N–H and O–H groups in total. The molecule has 1 aliphatic heterocycles. The van der Waals surface area contributed by atoms with E-state index in [1.165, 1.54) is 4.90 Å². The van der Waals surface area contributed by atoms with Crippen molar-refractivity contribution in [2.45, 2.75) is 25.9 Å². The lowest BCUT2D eigenvalue weighted by Gasteiger charge is -2.26. The lowest BCUT2D eigenvalue weighted by molar-refractivity contribution is -0.137. The molecule has 6 heteroatoms. The second-order valence-corrected chi connectivity index (χ2v) is 5.44. The molecule has 0 aliphatic carbocycles. The molecule has 1 amide bonds. The molecule has 2 rings (SSSR count). The molecule has 1 heterocycles. The molecule has 2 unspecified atom stereocenters. The van der Waals surface area contributed by atoms with E-state index in [-0.39, 0.29) is 24.5 Å². The van der Waals surface area contributed by atoms with Gasteiger partial charge in [0.2, 0.25) is 5.91 Å². The average molecular weight is 312 g/mol. The maximum Gasteiger partial charge on any atom is 0.323 e. The molecule has 1 aromatic rings. The summed E-state index contributed by atoms with van der Waals surface area (Å²) in [6.07, 6.45) is 1.22. The molecule has 1 saturated heterocycles. The Morgan fingerprint density at radius 1 is 1.38 bits per heavy atom. The Kier molecular flexibility index (Phi) is 5.20. The smallest absolute Gasteiger partial charge is 0.323 e. The zero-order valence-corrected chi connectivity index (χ0v) is 12.5. The zero-order chi connectivity index (χ0) is 15.4. The predicted octanol–water partition coefficient (Wildman–Crippen LogP) is 2.57. The van der Waals surface area contributed by atoms with Crippen molar-refractivity contribution < 1.29 is 19.4 Å². The Hall–Kier alpha value is -1.59. The summed E-state index contributed by atoms with van der Waals surface area (Å²) in [5.74, 6) is -1.54. The molecule has 21 heavy (non-hydrogen) atoms. The fourth-order valence-electron chi connectivity index (χ4n) is 2.59. The third kappa shape index (κ3) is 3.74. The third-order valence-corrected chi connectivity index (χ3v) is 3.88. The molecule has 1 aliphatic rings. The fraction of sp³-hybridized carbons (Fsp3) is 0.467. The largest absolute Gasteiger partial charge is 0.480 e. The summed E-state index contributed by atoms with van der Waals surface area (Å²) in [4.78, 5) is 25.0. The van der Waals surface area contributed by atoms with Gasteiger partial charge in [0.05, 0.1) is 12.0 Å². The number of anilines is 1. The Morgan fingerprint density at radius 2 is 2.05 bits per heavy atom. The van der Waals surface area contributed by atoms with Gasteiger partial charge in [0.15, 0.2) is 0 Å². The Bertz CT molecular complexity index is 517. The first-order chi connectivity index (χ1) is 10.0. The van der Waals surface area contributed by atoms with E-state index in [4.69, 9.17) is 21.4 Å². The van der Waals surface area contributed by atoms with Gasteiger partial charge in [-0.05, 0) is 37.1 Å². The van der Waals surface area contributed by atoms with Crippen molar-refractivity contribution >= 4 is 29.2 Å². The van der Waals surface area contributed by atoms with Crippen LogP contribution in [-0.2, 0) is 14.3 Å². The van der Waals surface area contributed by atoms with Gasteiger partial charge in [0.25, 0.3) is 0 Å². The number of carboxylic acid groups (broad SMARTS) is 1. The van der Waals surface area contributed by atoms with Crippen LogP contribution < -0.4 is 4.90 Å². The molecule has 5 nitrogen and oxygen atoms in total. The van der Waals surface area contributed by atoms with Crippen molar-refractivity contribution in [2.24, 2.45) is 5.92 Å². The average Bonchev–Trinajstić information content (AvgIpc) is 2.93. The van der Waals surface area contributed by atoms with E-state index < -0.39 is 5.97 Å². The molecule has 1 aromatic carbocycles. The molecule has 1 fully saturated rings. The highest BCUT2D eigenvalue weighted by atomic mass is 35.5. The van der Waals surface area contributed by atoms with Gasteiger partial charge < -0.3 is 14.7 Å². The van der Waals surface area contributed by atoms with Crippen LogP contribution in [0.3, 0.4) is 0 Å². The van der Waals surface area contributed by atoms with E-state index in [2.05, 4.69) is 0 Å². The maximum atomic E-state index is 12.7. The Labute approximate surface area is 128 Å². The standard InChI is InChI=1S/C15H18ClNO4/c1-2-13-12(7-8-21-13)15(20)17(9-14(18)19)11-5-3-10(16)4-6-11/h3-6,12-13H,2,7-9H2,1H3,(H,18,19). The third-order valence-electron chi connectivity index (χ3n) is 3.63. The fourth-order valence-corrected chi connectivity index (χ4v) is 2.71. The summed E-state index contributed by atoms with van der Waals surface area (Å²) in [6, 6.07) is 6.59. The highest BCUT2D eigenvalue weighted by Gasteiger charge is 2.36. The molecule has 0 saturated carbocycles. The van der Waals surface area contributed by atoms with Crippen molar-refractivity contribution in [2.75, 3.05) is 18.1 Å². The number of rotatable bonds is 5. The quantitative estimate of drug-likeness (QED) is 0.907. The minimum atomic E-state index is -1.05. The number of carbonyl (C=O) groups is 2. The number of amides is 1. The second-order valence-electron chi connectivity index (χ2n) is 5.01. The number of halogens is 1. The summed E-state index contributed by atoms with van der Waals surface area (Å²) in [5, 5.41) is 9.60. The van der Waals surface area contributed by atoms with Crippen LogP contribution in [0.1, 0.15) is 19.8 Å². The molecule has 0 bridgehead atoms. The lowest BCUT2D eigenvalue weighted by atomic mass is 9.97. The summed E-state index contributed by atoms with van der Waals surface area (Å²) < 4.78 is 5.53. The van der Waals surface area contributed by atoms with Crippen molar-refractivity contribution in [3.05, 3.63) is 29.3 Å². The first-order valence-electron chi connectivity index (χ1n) is 6.93. The number of ether oxygens (including phenoxy) is 1. The topological polar surface area (TPSA) is 66.8 Å².